The van der Waals surface area contributed by atoms with Crippen molar-refractivity contribution in [3.05, 3.63) is 51.8 Å². The summed E-state index contributed by atoms with van der Waals surface area (Å²) in [6, 6.07) is 9.72. The van der Waals surface area contributed by atoms with Crippen LogP contribution in [0.1, 0.15) is 13.8 Å². The lowest BCUT2D eigenvalue weighted by Gasteiger charge is -2.09. The molecule has 0 unspecified atom stereocenters. The molecule has 2 aromatic heterocycles. The van der Waals surface area contributed by atoms with Crippen molar-refractivity contribution in [1.29, 1.82) is 0 Å². The van der Waals surface area contributed by atoms with E-state index in [1.807, 2.05) is 13.8 Å². The van der Waals surface area contributed by atoms with E-state index in [1.165, 1.54) is 12.1 Å². The van der Waals surface area contributed by atoms with E-state index in [4.69, 9.17) is 16.1 Å². The first-order chi connectivity index (χ1) is 12.4. The fourth-order valence-electron chi connectivity index (χ4n) is 2.22. The molecule has 1 amide bonds. The molecule has 0 spiro atoms. The molecule has 0 atom stereocenters. The van der Waals surface area contributed by atoms with Crippen LogP contribution in [-0.4, -0.2) is 31.9 Å². The van der Waals surface area contributed by atoms with E-state index in [-0.39, 0.29) is 24.4 Å². The number of rotatable bonds is 5. The van der Waals surface area contributed by atoms with Crippen molar-refractivity contribution < 1.29 is 9.32 Å². The average Bonchev–Trinajstić information content (AvgIpc) is 3.07. The first-order valence-electron chi connectivity index (χ1n) is 7.90. The number of nitrogens with zero attached hydrogens (tertiary/aromatic N) is 4. The van der Waals surface area contributed by atoms with Gasteiger partial charge in [0.15, 0.2) is 0 Å². The number of amides is 1. The molecular weight excluding hydrogens is 358 g/mol. The van der Waals surface area contributed by atoms with Crippen molar-refractivity contribution in [3.63, 3.8) is 0 Å². The Balaban J connectivity index is 1.86. The minimum Gasteiger partial charge on any atom is -0.352 e. The van der Waals surface area contributed by atoms with E-state index in [1.54, 1.807) is 24.3 Å². The van der Waals surface area contributed by atoms with Gasteiger partial charge in [-0.15, -0.1) is 0 Å². The third-order valence-corrected chi connectivity index (χ3v) is 3.61. The Kier molecular flexibility index (Phi) is 5.13. The molecule has 0 aliphatic carbocycles. The maximum atomic E-state index is 11.9. The van der Waals surface area contributed by atoms with Crippen LogP contribution in [0.25, 0.3) is 23.0 Å². The fraction of sp³-hybridized carbons (Fsp3) is 0.235. The highest BCUT2D eigenvalue weighted by Gasteiger charge is 2.14. The molecule has 3 aromatic rings. The van der Waals surface area contributed by atoms with Gasteiger partial charge in [0.05, 0.1) is 0 Å². The van der Waals surface area contributed by atoms with E-state index in [0.717, 1.165) is 10.2 Å². The minimum absolute atomic E-state index is 0.0285. The highest BCUT2D eigenvalue weighted by atomic mass is 35.5. The number of hydrogen-bond donors (Lipinski definition) is 1. The maximum Gasteiger partial charge on any atom is 0.278 e. The predicted octanol–water partition coefficient (Wildman–Crippen LogP) is 2.14. The molecule has 0 saturated carbocycles. The Labute approximate surface area is 153 Å². The van der Waals surface area contributed by atoms with Crippen LogP contribution < -0.4 is 10.9 Å². The van der Waals surface area contributed by atoms with E-state index in [0.29, 0.717) is 16.5 Å². The summed E-state index contributed by atoms with van der Waals surface area (Å²) in [5.74, 6) is 0.209. The van der Waals surface area contributed by atoms with Crippen LogP contribution in [0.15, 0.2) is 45.7 Å². The molecule has 2 heterocycles. The minimum atomic E-state index is -0.398. The lowest BCUT2D eigenvalue weighted by atomic mass is 10.2. The van der Waals surface area contributed by atoms with Gasteiger partial charge in [-0.2, -0.15) is 10.1 Å². The highest BCUT2D eigenvalue weighted by molar-refractivity contribution is 6.30. The van der Waals surface area contributed by atoms with Crippen molar-refractivity contribution in [1.82, 2.24) is 25.2 Å². The molecular formula is C17H16ClN5O3. The Hall–Kier alpha value is -3.00. The standard InChI is InChI=1S/C17H16ClN5O3/c1-10(2)19-14(24)9-23-15(25)8-7-13(21-23)17-20-16(22-26-17)11-3-5-12(18)6-4-11/h3-8,10H,9H2,1-2H3,(H,19,24). The van der Waals surface area contributed by atoms with Crippen LogP contribution in [0.3, 0.4) is 0 Å². The third-order valence-electron chi connectivity index (χ3n) is 3.36. The SMILES string of the molecule is CC(C)NC(=O)Cn1nc(-c2nc(-c3ccc(Cl)cc3)no2)ccc1=O. The smallest absolute Gasteiger partial charge is 0.278 e. The summed E-state index contributed by atoms with van der Waals surface area (Å²) in [6.45, 7) is 3.48. The molecule has 1 N–H and O–H groups in total. The quantitative estimate of drug-likeness (QED) is 0.735. The fourth-order valence-corrected chi connectivity index (χ4v) is 2.35. The van der Waals surface area contributed by atoms with E-state index >= 15 is 0 Å². The summed E-state index contributed by atoms with van der Waals surface area (Å²) in [6.07, 6.45) is 0. The number of aromatic nitrogens is 4. The van der Waals surface area contributed by atoms with Crippen LogP contribution >= 0.6 is 11.6 Å². The zero-order valence-electron chi connectivity index (χ0n) is 14.1. The lowest BCUT2D eigenvalue weighted by molar-refractivity contribution is -0.122. The molecule has 0 radical (unpaired) electrons. The van der Waals surface area contributed by atoms with E-state index in [9.17, 15) is 9.59 Å². The largest absolute Gasteiger partial charge is 0.352 e. The van der Waals surface area contributed by atoms with Crippen LogP contribution in [0.2, 0.25) is 5.02 Å². The molecule has 0 bridgehead atoms. The molecule has 0 aliphatic heterocycles. The Morgan fingerprint density at radius 3 is 2.65 bits per heavy atom. The summed E-state index contributed by atoms with van der Waals surface area (Å²) in [5.41, 5.74) is 0.633. The van der Waals surface area contributed by atoms with Gasteiger partial charge in [-0.1, -0.05) is 16.8 Å². The van der Waals surface area contributed by atoms with Crippen molar-refractivity contribution in [2.75, 3.05) is 0 Å². The molecule has 0 fully saturated rings. The third kappa shape index (κ3) is 4.15. The van der Waals surface area contributed by atoms with Crippen LogP contribution in [0, 0.1) is 0 Å². The summed E-state index contributed by atoms with van der Waals surface area (Å²) in [7, 11) is 0. The topological polar surface area (TPSA) is 103 Å². The molecule has 134 valence electrons. The molecule has 0 saturated heterocycles. The number of hydrogen-bond acceptors (Lipinski definition) is 6. The Morgan fingerprint density at radius 2 is 1.96 bits per heavy atom. The number of halogens is 1. The van der Waals surface area contributed by atoms with E-state index in [2.05, 4.69) is 20.6 Å². The van der Waals surface area contributed by atoms with Gasteiger partial charge in [-0.05, 0) is 44.2 Å². The number of carbonyl (C=O) groups is 1. The number of nitrogens with one attached hydrogen (secondary N) is 1. The van der Waals surface area contributed by atoms with Crippen LogP contribution in [0.5, 0.6) is 0 Å². The first-order valence-corrected chi connectivity index (χ1v) is 8.28. The summed E-state index contributed by atoms with van der Waals surface area (Å²) in [5, 5.41) is 11.4. The van der Waals surface area contributed by atoms with Gasteiger partial charge >= 0.3 is 0 Å². The maximum absolute atomic E-state index is 11.9. The summed E-state index contributed by atoms with van der Waals surface area (Å²) >= 11 is 5.87. The van der Waals surface area contributed by atoms with Gasteiger partial charge in [0.2, 0.25) is 11.7 Å². The number of carbonyl (C=O) groups excluding carboxylic acids is 1. The molecule has 3 rings (SSSR count). The van der Waals surface area contributed by atoms with Crippen molar-refractivity contribution >= 4 is 17.5 Å². The monoisotopic (exact) mass is 373 g/mol. The highest BCUT2D eigenvalue weighted by Crippen LogP contribution is 2.21. The Morgan fingerprint density at radius 1 is 1.23 bits per heavy atom. The van der Waals surface area contributed by atoms with Gasteiger partial charge in [-0.25, -0.2) is 4.68 Å². The Bertz CT molecular complexity index is 979. The van der Waals surface area contributed by atoms with Crippen LogP contribution in [-0.2, 0) is 11.3 Å². The van der Waals surface area contributed by atoms with Gasteiger partial charge in [0.1, 0.15) is 12.2 Å². The van der Waals surface area contributed by atoms with Crippen molar-refractivity contribution in [2.45, 2.75) is 26.4 Å². The number of benzene rings is 1. The van der Waals surface area contributed by atoms with Gasteiger partial charge in [-0.3, -0.25) is 9.59 Å². The van der Waals surface area contributed by atoms with Gasteiger partial charge in [0, 0.05) is 22.7 Å². The zero-order valence-corrected chi connectivity index (χ0v) is 14.9. The molecule has 1 aromatic carbocycles. The summed E-state index contributed by atoms with van der Waals surface area (Å²) in [4.78, 5) is 28.1. The van der Waals surface area contributed by atoms with E-state index < -0.39 is 5.56 Å². The van der Waals surface area contributed by atoms with Crippen molar-refractivity contribution in [3.8, 4) is 23.0 Å². The lowest BCUT2D eigenvalue weighted by Crippen LogP contribution is -2.36. The molecule has 9 heteroatoms. The van der Waals surface area contributed by atoms with Crippen LogP contribution in [0.4, 0.5) is 0 Å². The second kappa shape index (κ2) is 7.49. The first kappa shape index (κ1) is 17.8. The van der Waals surface area contributed by atoms with Crippen molar-refractivity contribution in [2.24, 2.45) is 0 Å². The zero-order chi connectivity index (χ0) is 18.7. The molecule has 0 aliphatic rings. The molecule has 26 heavy (non-hydrogen) atoms. The predicted molar refractivity (Wildman–Crippen MR) is 95.5 cm³/mol. The summed E-state index contributed by atoms with van der Waals surface area (Å²) < 4.78 is 6.28. The second-order valence-electron chi connectivity index (χ2n) is 5.87. The normalized spacial score (nSPS) is 10.9. The van der Waals surface area contributed by atoms with Gasteiger partial charge in [0.25, 0.3) is 11.4 Å². The van der Waals surface area contributed by atoms with Gasteiger partial charge < -0.3 is 9.84 Å². The second-order valence-corrected chi connectivity index (χ2v) is 6.30. The molecule has 8 nitrogen and oxygen atoms in total. The average molecular weight is 374 g/mol.